The number of benzene rings is 3. The van der Waals surface area contributed by atoms with E-state index in [9.17, 15) is 18.4 Å². The molecule has 7 heteroatoms. The van der Waals surface area contributed by atoms with E-state index in [1.54, 1.807) is 38.1 Å². The van der Waals surface area contributed by atoms with E-state index in [1.807, 2.05) is 25.1 Å². The van der Waals surface area contributed by atoms with Gasteiger partial charge < -0.3 is 10.2 Å². The highest BCUT2D eigenvalue weighted by Crippen LogP contribution is 2.30. The summed E-state index contributed by atoms with van der Waals surface area (Å²) in [7, 11) is 0. The number of ketones is 1. The molecule has 1 aliphatic heterocycles. The highest BCUT2D eigenvalue weighted by atomic mass is 19.1. The number of rotatable bonds is 5. The third-order valence-corrected chi connectivity index (χ3v) is 5.53. The monoisotopic (exact) mass is 448 g/mol. The Morgan fingerprint density at radius 2 is 1.64 bits per heavy atom. The molecule has 5 nitrogen and oxygen atoms in total. The van der Waals surface area contributed by atoms with Crippen molar-refractivity contribution in [2.24, 2.45) is 5.16 Å². The van der Waals surface area contributed by atoms with Crippen LogP contribution in [-0.4, -0.2) is 23.0 Å². The zero-order chi connectivity index (χ0) is 23.8. The van der Waals surface area contributed by atoms with Crippen LogP contribution in [0.1, 0.15) is 42.3 Å². The number of nitrogens with zero attached hydrogens (tertiary/aromatic N) is 1. The van der Waals surface area contributed by atoms with Gasteiger partial charge in [0, 0.05) is 11.3 Å². The Kier molecular flexibility index (Phi) is 5.80. The molecule has 1 amide bonds. The van der Waals surface area contributed by atoms with Gasteiger partial charge in [0.2, 0.25) is 5.78 Å². The number of carbonyl (C=O) groups is 2. The van der Waals surface area contributed by atoms with Crippen molar-refractivity contribution in [2.45, 2.75) is 32.8 Å². The van der Waals surface area contributed by atoms with Crippen molar-refractivity contribution in [3.05, 3.63) is 89.0 Å². The normalized spacial score (nSPS) is 14.6. The first-order valence-electron chi connectivity index (χ1n) is 10.5. The number of amides is 1. The molecule has 1 heterocycles. The van der Waals surface area contributed by atoms with Gasteiger partial charge in [-0.25, -0.2) is 8.78 Å². The summed E-state index contributed by atoms with van der Waals surface area (Å²) in [6.45, 7) is 5.38. The molecule has 0 aromatic heterocycles. The Morgan fingerprint density at radius 1 is 1.00 bits per heavy atom. The first-order chi connectivity index (χ1) is 15.7. The number of carbonyl (C=O) groups excluding carboxylic acids is 2. The van der Waals surface area contributed by atoms with Gasteiger partial charge in [0.05, 0.1) is 0 Å². The minimum atomic E-state index is -0.990. The van der Waals surface area contributed by atoms with Crippen molar-refractivity contribution in [1.82, 2.24) is 0 Å². The van der Waals surface area contributed by atoms with Gasteiger partial charge in [0.15, 0.2) is 11.3 Å². The van der Waals surface area contributed by atoms with E-state index in [4.69, 9.17) is 4.84 Å². The smallest absolute Gasteiger partial charge is 0.261 e. The lowest BCUT2D eigenvalue weighted by Crippen LogP contribution is -2.33. The Labute approximate surface area is 190 Å². The summed E-state index contributed by atoms with van der Waals surface area (Å²) in [6.07, 6.45) is 0.767. The van der Waals surface area contributed by atoms with E-state index < -0.39 is 28.7 Å². The first-order valence-corrected chi connectivity index (χ1v) is 10.5. The summed E-state index contributed by atoms with van der Waals surface area (Å²) in [4.78, 5) is 30.2. The van der Waals surface area contributed by atoms with Crippen molar-refractivity contribution in [3.8, 4) is 11.1 Å². The van der Waals surface area contributed by atoms with Gasteiger partial charge in [-0.3, -0.25) is 9.59 Å². The highest BCUT2D eigenvalue weighted by Gasteiger charge is 2.40. The minimum Gasteiger partial charge on any atom is -0.381 e. The number of hydrogen-bond donors (Lipinski definition) is 1. The molecule has 4 rings (SSSR count). The molecule has 33 heavy (non-hydrogen) atoms. The second-order valence-corrected chi connectivity index (χ2v) is 8.22. The zero-order valence-electron chi connectivity index (χ0n) is 18.4. The van der Waals surface area contributed by atoms with Gasteiger partial charge in [-0.1, -0.05) is 42.4 Å². The lowest BCUT2D eigenvalue weighted by atomic mass is 9.91. The lowest BCUT2D eigenvalue weighted by molar-refractivity contribution is -0.128. The van der Waals surface area contributed by atoms with Crippen LogP contribution >= 0.6 is 0 Å². The Balaban J connectivity index is 1.61. The largest absolute Gasteiger partial charge is 0.381 e. The summed E-state index contributed by atoms with van der Waals surface area (Å²) in [5.74, 6) is -2.90. The van der Waals surface area contributed by atoms with Crippen LogP contribution in [-0.2, 0) is 16.1 Å². The van der Waals surface area contributed by atoms with Crippen LogP contribution in [0, 0.1) is 11.6 Å². The second kappa shape index (κ2) is 8.58. The standard InChI is InChI=1S/C26H22F2N2O3/c1-4-15-8-9-17(23-24(31)26(2,3)33-30-23)14-19(15)16-10-12-18(13-11-16)29-25(32)22-20(27)6-5-7-21(22)28/h5-14H,4H2,1-3H3,(H,29,32). The maximum Gasteiger partial charge on any atom is 0.261 e. The van der Waals surface area contributed by atoms with Crippen molar-refractivity contribution >= 4 is 23.1 Å². The van der Waals surface area contributed by atoms with Crippen molar-refractivity contribution in [1.29, 1.82) is 0 Å². The fourth-order valence-electron chi connectivity index (χ4n) is 3.65. The minimum absolute atomic E-state index is 0.184. The molecule has 0 atom stereocenters. The molecule has 0 spiro atoms. The number of hydrogen-bond acceptors (Lipinski definition) is 4. The molecular formula is C26H22F2N2O3. The van der Waals surface area contributed by atoms with E-state index in [2.05, 4.69) is 10.5 Å². The molecule has 0 bridgehead atoms. The average Bonchev–Trinajstić information content (AvgIpc) is 3.06. The molecule has 3 aromatic rings. The van der Waals surface area contributed by atoms with Crippen LogP contribution in [0.3, 0.4) is 0 Å². The molecule has 0 radical (unpaired) electrons. The Morgan fingerprint density at radius 3 is 2.21 bits per heavy atom. The molecule has 3 aromatic carbocycles. The van der Waals surface area contributed by atoms with E-state index in [-0.39, 0.29) is 11.5 Å². The number of oxime groups is 1. The number of anilines is 1. The van der Waals surface area contributed by atoms with Gasteiger partial charge in [0.25, 0.3) is 5.91 Å². The summed E-state index contributed by atoms with van der Waals surface area (Å²) in [5, 5.41) is 6.50. The van der Waals surface area contributed by atoms with Crippen LogP contribution in [0.5, 0.6) is 0 Å². The third kappa shape index (κ3) is 4.26. The van der Waals surface area contributed by atoms with Gasteiger partial charge in [0.1, 0.15) is 17.2 Å². The van der Waals surface area contributed by atoms with Crippen molar-refractivity contribution in [2.75, 3.05) is 5.32 Å². The zero-order valence-corrected chi connectivity index (χ0v) is 18.4. The first kappa shape index (κ1) is 22.3. The average molecular weight is 448 g/mol. The fourth-order valence-corrected chi connectivity index (χ4v) is 3.65. The molecule has 0 fully saturated rings. The summed E-state index contributed by atoms with van der Waals surface area (Å²) < 4.78 is 27.7. The third-order valence-electron chi connectivity index (χ3n) is 5.53. The predicted octanol–water partition coefficient (Wildman–Crippen LogP) is 5.53. The van der Waals surface area contributed by atoms with Crippen molar-refractivity contribution in [3.63, 3.8) is 0 Å². The molecule has 1 aliphatic rings. The van der Waals surface area contributed by atoms with E-state index in [0.29, 0.717) is 11.3 Å². The predicted molar refractivity (Wildman–Crippen MR) is 122 cm³/mol. The van der Waals surface area contributed by atoms with Gasteiger partial charge in [-0.15, -0.1) is 0 Å². The van der Waals surface area contributed by atoms with Crippen LogP contribution in [0.4, 0.5) is 14.5 Å². The molecule has 168 valence electrons. The molecule has 0 saturated heterocycles. The number of nitrogens with one attached hydrogen (secondary N) is 1. The molecule has 0 unspecified atom stereocenters. The van der Waals surface area contributed by atoms with Gasteiger partial charge >= 0.3 is 0 Å². The summed E-state index contributed by atoms with van der Waals surface area (Å²) in [6, 6.07) is 15.9. The SMILES string of the molecule is CCc1ccc(C2=NOC(C)(C)C2=O)cc1-c1ccc(NC(=O)c2c(F)cccc2F)cc1. The van der Waals surface area contributed by atoms with E-state index >= 15 is 0 Å². The van der Waals surface area contributed by atoms with E-state index in [0.717, 1.165) is 35.2 Å². The topological polar surface area (TPSA) is 67.8 Å². The number of Topliss-reactive ketones (excluding diaryl/α,β-unsaturated/α-hetero) is 1. The summed E-state index contributed by atoms with van der Waals surface area (Å²) in [5.41, 5.74) is 2.54. The highest BCUT2D eigenvalue weighted by molar-refractivity contribution is 6.49. The van der Waals surface area contributed by atoms with E-state index in [1.165, 1.54) is 6.07 Å². The van der Waals surface area contributed by atoms with Crippen LogP contribution in [0.2, 0.25) is 0 Å². The number of aryl methyl sites for hydroxylation is 1. The van der Waals surface area contributed by atoms with Crippen molar-refractivity contribution < 1.29 is 23.2 Å². The van der Waals surface area contributed by atoms with Gasteiger partial charge in [-0.05, 0) is 67.3 Å². The van der Waals surface area contributed by atoms with Crippen LogP contribution in [0.15, 0.2) is 65.8 Å². The Bertz CT molecular complexity index is 1260. The second-order valence-electron chi connectivity index (χ2n) is 8.22. The fraction of sp³-hybridized carbons (Fsp3) is 0.192. The molecular weight excluding hydrogens is 426 g/mol. The molecule has 0 saturated carbocycles. The lowest BCUT2D eigenvalue weighted by Gasteiger charge is -2.13. The van der Waals surface area contributed by atoms with Crippen LogP contribution < -0.4 is 5.32 Å². The van der Waals surface area contributed by atoms with Crippen LogP contribution in [0.25, 0.3) is 11.1 Å². The molecule has 0 aliphatic carbocycles. The Hall–Kier alpha value is -3.87. The summed E-state index contributed by atoms with van der Waals surface area (Å²) >= 11 is 0. The number of halogens is 2. The van der Waals surface area contributed by atoms with Gasteiger partial charge in [-0.2, -0.15) is 0 Å². The maximum atomic E-state index is 13.9. The maximum absolute atomic E-state index is 13.9. The quantitative estimate of drug-likeness (QED) is 0.558. The molecule has 1 N–H and O–H groups in total.